The van der Waals surface area contributed by atoms with Gasteiger partial charge in [-0.15, -0.1) is 0 Å². The van der Waals surface area contributed by atoms with Crippen LogP contribution in [0.15, 0.2) is 40.9 Å². The predicted octanol–water partition coefficient (Wildman–Crippen LogP) is 3.65. The quantitative estimate of drug-likeness (QED) is 0.401. The number of rotatable bonds is 7. The molecule has 1 aromatic carbocycles. The molecule has 0 bridgehead atoms. The third-order valence-corrected chi connectivity index (χ3v) is 5.66. The van der Waals surface area contributed by atoms with Crippen molar-refractivity contribution < 1.29 is 27.5 Å². The predicted molar refractivity (Wildman–Crippen MR) is 108 cm³/mol. The Balaban J connectivity index is 2.13. The number of fused-ring (bicyclic) bond motifs is 1. The molecule has 148 valence electrons. The number of aromatic nitrogens is 1. The molecule has 0 atom stereocenters. The number of esters is 1. The fourth-order valence-corrected chi connectivity index (χ4v) is 4.32. The summed E-state index contributed by atoms with van der Waals surface area (Å²) in [6.45, 7) is 1.14. The van der Waals surface area contributed by atoms with E-state index >= 15 is 0 Å². The van der Waals surface area contributed by atoms with Gasteiger partial charge in [0.25, 0.3) is 5.88 Å². The number of anilines is 1. The third-order valence-electron chi connectivity index (χ3n) is 3.77. The molecule has 0 amide bonds. The Hall–Kier alpha value is -2.59. The van der Waals surface area contributed by atoms with Crippen molar-refractivity contribution in [2.75, 3.05) is 15.8 Å². The average molecular weight is 469 g/mol. The lowest BCUT2D eigenvalue weighted by Crippen LogP contribution is -2.17. The zero-order valence-electron chi connectivity index (χ0n) is 14.8. The van der Waals surface area contributed by atoms with Crippen molar-refractivity contribution in [2.24, 2.45) is 0 Å². The second-order valence-electron chi connectivity index (χ2n) is 5.87. The van der Waals surface area contributed by atoms with Crippen LogP contribution in [0.2, 0.25) is 0 Å². The Bertz CT molecular complexity index is 1120. The fourth-order valence-electron chi connectivity index (χ4n) is 2.63. The molecule has 0 saturated heterocycles. The van der Waals surface area contributed by atoms with Gasteiger partial charge in [-0.1, -0.05) is 34.1 Å². The highest BCUT2D eigenvalue weighted by atomic mass is 79.9. The topological polar surface area (TPSA) is 119 Å². The average Bonchev–Trinajstić information content (AvgIpc) is 2.94. The van der Waals surface area contributed by atoms with Crippen LogP contribution in [0, 0.1) is 0 Å². The van der Waals surface area contributed by atoms with Gasteiger partial charge in [0.1, 0.15) is 0 Å². The van der Waals surface area contributed by atoms with Crippen molar-refractivity contribution >= 4 is 48.7 Å². The van der Waals surface area contributed by atoms with E-state index in [1.165, 1.54) is 6.20 Å². The Labute approximate surface area is 169 Å². The van der Waals surface area contributed by atoms with Gasteiger partial charge in [-0.05, 0) is 18.6 Å². The van der Waals surface area contributed by atoms with Crippen LogP contribution >= 0.6 is 15.9 Å². The number of aromatic hydroxyl groups is 1. The van der Waals surface area contributed by atoms with Crippen LogP contribution in [0.25, 0.3) is 22.2 Å². The van der Waals surface area contributed by atoms with E-state index in [1.54, 1.807) is 24.3 Å². The number of sulfonamides is 1. The minimum atomic E-state index is -3.77. The van der Waals surface area contributed by atoms with Crippen molar-refractivity contribution in [2.45, 2.75) is 13.3 Å². The van der Waals surface area contributed by atoms with Gasteiger partial charge in [0, 0.05) is 29.4 Å². The smallest absolute Gasteiger partial charge is 0.308 e. The lowest BCUT2D eigenvalue weighted by atomic mass is 10.1. The van der Waals surface area contributed by atoms with E-state index in [-0.39, 0.29) is 23.1 Å². The van der Waals surface area contributed by atoms with E-state index in [4.69, 9.17) is 9.15 Å². The first-order chi connectivity index (χ1) is 13.3. The lowest BCUT2D eigenvalue weighted by Gasteiger charge is -2.06. The lowest BCUT2D eigenvalue weighted by molar-refractivity contribution is -0.131. The maximum Gasteiger partial charge on any atom is 0.308 e. The van der Waals surface area contributed by atoms with E-state index in [1.807, 2.05) is 6.07 Å². The molecule has 28 heavy (non-hydrogen) atoms. The number of hydrogen-bond donors (Lipinski definition) is 2. The molecule has 2 aromatic heterocycles. The van der Waals surface area contributed by atoms with Gasteiger partial charge in [0.2, 0.25) is 21.5 Å². The summed E-state index contributed by atoms with van der Waals surface area (Å²) in [5, 5.41) is 11.8. The molecular weight excluding hydrogens is 452 g/mol. The first kappa shape index (κ1) is 20.2. The number of furan rings is 1. The number of alkyl halides is 1. The number of pyridine rings is 1. The van der Waals surface area contributed by atoms with Crippen molar-refractivity contribution in [1.29, 1.82) is 0 Å². The highest BCUT2D eigenvalue weighted by Crippen LogP contribution is 2.47. The number of ether oxygens (including phenoxy) is 1. The molecule has 0 fully saturated rings. The molecule has 0 aliphatic carbocycles. The van der Waals surface area contributed by atoms with Crippen molar-refractivity contribution in [1.82, 2.24) is 4.98 Å². The maximum atomic E-state index is 12.2. The number of halogens is 1. The first-order valence-electron chi connectivity index (χ1n) is 8.27. The summed E-state index contributed by atoms with van der Waals surface area (Å²) in [7, 11) is -3.77. The summed E-state index contributed by atoms with van der Waals surface area (Å²) in [6, 6.07) is 8.79. The van der Waals surface area contributed by atoms with E-state index < -0.39 is 21.7 Å². The van der Waals surface area contributed by atoms with E-state index in [0.717, 1.165) is 6.92 Å². The Kier molecular flexibility index (Phi) is 5.90. The van der Waals surface area contributed by atoms with Crippen LogP contribution in [-0.2, 0) is 14.8 Å². The highest BCUT2D eigenvalue weighted by molar-refractivity contribution is 9.09. The molecule has 10 heteroatoms. The summed E-state index contributed by atoms with van der Waals surface area (Å²) < 4.78 is 37.3. The van der Waals surface area contributed by atoms with E-state index in [9.17, 15) is 18.3 Å². The molecule has 0 unspecified atom stereocenters. The van der Waals surface area contributed by atoms with Crippen LogP contribution < -0.4 is 9.46 Å². The fraction of sp³-hybridized carbons (Fsp3) is 0.222. The number of nitrogens with one attached hydrogen (secondary N) is 1. The summed E-state index contributed by atoms with van der Waals surface area (Å²) in [4.78, 5) is 15.7. The number of nitrogens with zero attached hydrogens (tertiary/aromatic N) is 1. The van der Waals surface area contributed by atoms with Crippen molar-refractivity contribution in [3.05, 3.63) is 36.5 Å². The number of carbonyl (C=O) groups excluding carboxylic acids is 1. The molecular formula is C18H17BrN2O6S. The first-order valence-corrected chi connectivity index (χ1v) is 11.0. The normalized spacial score (nSPS) is 11.5. The third kappa shape index (κ3) is 4.28. The Morgan fingerprint density at radius 3 is 2.79 bits per heavy atom. The van der Waals surface area contributed by atoms with Crippen molar-refractivity contribution in [3.8, 4) is 22.8 Å². The molecule has 0 aliphatic heterocycles. The summed E-state index contributed by atoms with van der Waals surface area (Å²) in [6.07, 6.45) is 1.90. The van der Waals surface area contributed by atoms with Gasteiger partial charge >= 0.3 is 5.97 Å². The standard InChI is InChI=1S/C18H17BrN2O6S/c1-11(22)26-17-15(23)16(27-18(17)21-28(24,25)10-4-8-19)13-7-9-20-14-6-3-2-5-12(13)14/h2-3,5-7,9,21,23H,4,8,10H2,1H3. The second-order valence-corrected chi connectivity index (χ2v) is 8.51. The van der Waals surface area contributed by atoms with Crippen LogP contribution in [-0.4, -0.2) is 35.6 Å². The van der Waals surface area contributed by atoms with Crippen LogP contribution in [0.1, 0.15) is 13.3 Å². The maximum absolute atomic E-state index is 12.2. The SMILES string of the molecule is CC(=O)Oc1c(NS(=O)(=O)CCCBr)oc(-c2ccnc3ccccc23)c1O. The minimum absolute atomic E-state index is 0.0342. The number of carbonyl (C=O) groups is 1. The van der Waals surface area contributed by atoms with Gasteiger partial charge in [-0.25, -0.2) is 13.1 Å². The zero-order chi connectivity index (χ0) is 20.3. The zero-order valence-corrected chi connectivity index (χ0v) is 17.2. The van der Waals surface area contributed by atoms with E-state index in [0.29, 0.717) is 28.2 Å². The largest absolute Gasteiger partial charge is 0.502 e. The van der Waals surface area contributed by atoms with Crippen molar-refractivity contribution in [3.63, 3.8) is 0 Å². The van der Waals surface area contributed by atoms with Gasteiger partial charge in [0.15, 0.2) is 5.76 Å². The number of hydrogen-bond acceptors (Lipinski definition) is 7. The molecule has 3 rings (SSSR count). The highest BCUT2D eigenvalue weighted by Gasteiger charge is 2.28. The van der Waals surface area contributed by atoms with Gasteiger partial charge in [-0.2, -0.15) is 0 Å². The number of benzene rings is 1. The Morgan fingerprint density at radius 1 is 1.32 bits per heavy atom. The molecule has 2 heterocycles. The van der Waals surface area contributed by atoms with Gasteiger partial charge in [0.05, 0.1) is 11.3 Å². The number of para-hydroxylation sites is 1. The van der Waals surface area contributed by atoms with Crippen LogP contribution in [0.4, 0.5) is 5.88 Å². The van der Waals surface area contributed by atoms with Crippen LogP contribution in [0.3, 0.4) is 0 Å². The summed E-state index contributed by atoms with van der Waals surface area (Å²) in [5.41, 5.74) is 1.13. The van der Waals surface area contributed by atoms with E-state index in [2.05, 4.69) is 25.6 Å². The van der Waals surface area contributed by atoms with Crippen LogP contribution in [0.5, 0.6) is 11.5 Å². The monoisotopic (exact) mass is 468 g/mol. The van der Waals surface area contributed by atoms with Gasteiger partial charge < -0.3 is 14.3 Å². The molecule has 0 aliphatic rings. The molecule has 2 N–H and O–H groups in total. The summed E-state index contributed by atoms with van der Waals surface area (Å²) in [5.74, 6) is -2.17. The molecule has 3 aromatic rings. The van der Waals surface area contributed by atoms with Gasteiger partial charge in [-0.3, -0.25) is 9.78 Å². The molecule has 0 saturated carbocycles. The Morgan fingerprint density at radius 2 is 2.07 bits per heavy atom. The minimum Gasteiger partial charge on any atom is -0.502 e. The molecule has 0 radical (unpaired) electrons. The second kappa shape index (κ2) is 8.19. The molecule has 0 spiro atoms. The summed E-state index contributed by atoms with van der Waals surface area (Å²) >= 11 is 3.17. The molecule has 8 nitrogen and oxygen atoms in total.